The van der Waals surface area contributed by atoms with Gasteiger partial charge in [0.15, 0.2) is 11.5 Å². The lowest BCUT2D eigenvalue weighted by Gasteiger charge is -2.29. The van der Waals surface area contributed by atoms with Crippen LogP contribution in [0.5, 0.6) is 11.5 Å². The molecule has 234 valence electrons. The van der Waals surface area contributed by atoms with Gasteiger partial charge < -0.3 is 30.7 Å². The minimum absolute atomic E-state index is 0.0125. The third kappa shape index (κ3) is 8.15. The molecule has 3 atom stereocenters. The average Bonchev–Trinajstić information content (AvgIpc) is 3.53. The number of amides is 4. The SMILES string of the molecule is O=C(NCc1ccccc1)C(=O)[C@H](C[C@@H]1CCCNC1=O)NC(=O)[C@H](CC1CCCCC1)NC(=O)c1ccc2c(c1)OCO2. The van der Waals surface area contributed by atoms with E-state index in [9.17, 15) is 24.0 Å². The van der Waals surface area contributed by atoms with E-state index in [1.165, 1.54) is 0 Å². The van der Waals surface area contributed by atoms with Gasteiger partial charge in [-0.3, -0.25) is 24.0 Å². The van der Waals surface area contributed by atoms with E-state index in [4.69, 9.17) is 9.47 Å². The van der Waals surface area contributed by atoms with Gasteiger partial charge in [0.1, 0.15) is 6.04 Å². The molecule has 1 saturated heterocycles. The summed E-state index contributed by atoms with van der Waals surface area (Å²) in [6, 6.07) is 11.8. The molecule has 44 heavy (non-hydrogen) atoms. The van der Waals surface area contributed by atoms with E-state index in [1.807, 2.05) is 30.3 Å². The average molecular weight is 605 g/mol. The molecule has 1 aliphatic carbocycles. The molecule has 3 aliphatic rings. The normalized spacial score (nSPS) is 19.3. The number of benzene rings is 2. The molecule has 2 aliphatic heterocycles. The van der Waals surface area contributed by atoms with Crippen molar-refractivity contribution in [2.45, 2.75) is 76.4 Å². The Hall–Kier alpha value is -4.41. The van der Waals surface area contributed by atoms with Crippen LogP contribution in [-0.2, 0) is 25.7 Å². The Morgan fingerprint density at radius 1 is 0.841 bits per heavy atom. The number of hydrogen-bond donors (Lipinski definition) is 4. The molecule has 2 heterocycles. The fourth-order valence-electron chi connectivity index (χ4n) is 6.14. The van der Waals surface area contributed by atoms with Crippen LogP contribution in [0.2, 0.25) is 0 Å². The van der Waals surface area contributed by atoms with E-state index >= 15 is 0 Å². The Balaban J connectivity index is 1.32. The Labute approximate surface area is 256 Å². The van der Waals surface area contributed by atoms with Gasteiger partial charge in [0.05, 0.1) is 6.04 Å². The highest BCUT2D eigenvalue weighted by Gasteiger charge is 2.35. The zero-order chi connectivity index (χ0) is 30.9. The number of nitrogens with one attached hydrogen (secondary N) is 4. The van der Waals surface area contributed by atoms with Crippen molar-refractivity contribution >= 4 is 29.4 Å². The number of carbonyl (C=O) groups excluding carboxylic acids is 5. The maximum absolute atomic E-state index is 13.9. The second-order valence-corrected chi connectivity index (χ2v) is 11.8. The van der Waals surface area contributed by atoms with Crippen molar-refractivity contribution in [3.8, 4) is 11.5 Å². The van der Waals surface area contributed by atoms with Crippen LogP contribution in [-0.4, -0.2) is 54.8 Å². The molecule has 2 aromatic carbocycles. The zero-order valence-corrected chi connectivity index (χ0v) is 24.8. The quantitative estimate of drug-likeness (QED) is 0.272. The van der Waals surface area contributed by atoms with Crippen molar-refractivity contribution in [3.05, 3.63) is 59.7 Å². The number of fused-ring (bicyclic) bond motifs is 1. The minimum atomic E-state index is -1.23. The first-order valence-corrected chi connectivity index (χ1v) is 15.5. The number of ketones is 1. The minimum Gasteiger partial charge on any atom is -0.454 e. The number of piperidine rings is 1. The predicted molar refractivity (Wildman–Crippen MR) is 161 cm³/mol. The van der Waals surface area contributed by atoms with E-state index in [2.05, 4.69) is 21.3 Å². The summed E-state index contributed by atoms with van der Waals surface area (Å²) in [5, 5.41) is 11.1. The molecule has 0 spiro atoms. The number of Topliss-reactive ketones (excluding diaryl/α,β-unsaturated/α-hetero) is 1. The molecular weight excluding hydrogens is 564 g/mol. The highest BCUT2D eigenvalue weighted by Crippen LogP contribution is 2.33. The predicted octanol–water partition coefficient (Wildman–Crippen LogP) is 2.77. The summed E-state index contributed by atoms with van der Waals surface area (Å²) in [5.74, 6) is -2.22. The van der Waals surface area contributed by atoms with E-state index in [0.717, 1.165) is 44.1 Å². The number of carbonyl (C=O) groups is 5. The van der Waals surface area contributed by atoms with E-state index in [1.54, 1.807) is 18.2 Å². The van der Waals surface area contributed by atoms with E-state index in [0.29, 0.717) is 36.4 Å². The van der Waals surface area contributed by atoms with Crippen molar-refractivity contribution in [3.63, 3.8) is 0 Å². The van der Waals surface area contributed by atoms with Gasteiger partial charge >= 0.3 is 0 Å². The molecule has 4 N–H and O–H groups in total. The number of ether oxygens (including phenoxy) is 2. The molecule has 2 fully saturated rings. The highest BCUT2D eigenvalue weighted by atomic mass is 16.7. The van der Waals surface area contributed by atoms with E-state index in [-0.39, 0.29) is 31.6 Å². The summed E-state index contributed by atoms with van der Waals surface area (Å²) in [7, 11) is 0. The summed E-state index contributed by atoms with van der Waals surface area (Å²) >= 11 is 0. The Morgan fingerprint density at radius 3 is 2.39 bits per heavy atom. The molecule has 0 radical (unpaired) electrons. The summed E-state index contributed by atoms with van der Waals surface area (Å²) in [6.45, 7) is 0.763. The molecule has 11 nitrogen and oxygen atoms in total. The van der Waals surface area contributed by atoms with Crippen LogP contribution < -0.4 is 30.7 Å². The molecule has 2 aromatic rings. The van der Waals surface area contributed by atoms with Crippen molar-refractivity contribution in [1.29, 1.82) is 0 Å². The maximum Gasteiger partial charge on any atom is 0.289 e. The lowest BCUT2D eigenvalue weighted by atomic mass is 9.84. The van der Waals surface area contributed by atoms with Gasteiger partial charge in [-0.15, -0.1) is 0 Å². The van der Waals surface area contributed by atoms with Gasteiger partial charge in [0.2, 0.25) is 24.4 Å². The van der Waals surface area contributed by atoms with Gasteiger partial charge in [-0.2, -0.15) is 0 Å². The van der Waals surface area contributed by atoms with Crippen LogP contribution in [0, 0.1) is 11.8 Å². The summed E-state index contributed by atoms with van der Waals surface area (Å²) in [6.07, 6.45) is 6.78. The lowest BCUT2D eigenvalue weighted by molar-refractivity contribution is -0.141. The second-order valence-electron chi connectivity index (χ2n) is 11.8. The monoisotopic (exact) mass is 604 g/mol. The Kier molecular flexibility index (Phi) is 10.5. The van der Waals surface area contributed by atoms with Crippen LogP contribution in [0.15, 0.2) is 48.5 Å². The number of rotatable bonds is 12. The summed E-state index contributed by atoms with van der Waals surface area (Å²) < 4.78 is 10.7. The molecule has 4 amide bonds. The summed E-state index contributed by atoms with van der Waals surface area (Å²) in [4.78, 5) is 66.3. The van der Waals surface area contributed by atoms with Crippen LogP contribution in [0.25, 0.3) is 0 Å². The fraction of sp³-hybridized carbons (Fsp3) is 0.485. The van der Waals surface area contributed by atoms with Crippen molar-refractivity contribution in [2.24, 2.45) is 11.8 Å². The van der Waals surface area contributed by atoms with Gasteiger partial charge in [-0.25, -0.2) is 0 Å². The van der Waals surface area contributed by atoms with Crippen LogP contribution >= 0.6 is 0 Å². The van der Waals surface area contributed by atoms with Gasteiger partial charge in [-0.1, -0.05) is 62.4 Å². The molecule has 0 unspecified atom stereocenters. The Morgan fingerprint density at radius 2 is 1.61 bits per heavy atom. The zero-order valence-electron chi connectivity index (χ0n) is 24.8. The van der Waals surface area contributed by atoms with Gasteiger partial charge in [0.25, 0.3) is 11.8 Å². The first kappa shape index (κ1) is 31.0. The Bertz CT molecular complexity index is 1360. The van der Waals surface area contributed by atoms with Gasteiger partial charge in [0, 0.05) is 24.6 Å². The van der Waals surface area contributed by atoms with Crippen molar-refractivity contribution in [2.75, 3.05) is 13.3 Å². The summed E-state index contributed by atoms with van der Waals surface area (Å²) in [5.41, 5.74) is 1.13. The first-order chi connectivity index (χ1) is 21.4. The largest absolute Gasteiger partial charge is 0.454 e. The van der Waals surface area contributed by atoms with E-state index < -0.39 is 41.5 Å². The molecule has 1 saturated carbocycles. The molecule has 5 rings (SSSR count). The topological polar surface area (TPSA) is 152 Å². The molecule has 0 bridgehead atoms. The van der Waals surface area contributed by atoms with Crippen LogP contribution in [0.1, 0.15) is 73.7 Å². The van der Waals surface area contributed by atoms with Crippen LogP contribution in [0.4, 0.5) is 0 Å². The standard InChI is InChI=1S/C33H40N4O7/c38-29(33(42)35-19-22-10-5-2-6-11-22)25(17-23-12-7-15-34-30(23)39)36-32(41)26(16-21-8-3-1-4-9-21)37-31(40)24-13-14-27-28(18-24)44-20-43-27/h2,5-6,10-11,13-14,18,21,23,25-26H,1,3-4,7-9,12,15-17,19-20H2,(H,34,39)(H,35,42)(H,36,41)(H,37,40)/t23-,25-,26-/m0/s1. The molecule has 0 aromatic heterocycles. The smallest absolute Gasteiger partial charge is 0.289 e. The van der Waals surface area contributed by atoms with Crippen molar-refractivity contribution < 1.29 is 33.4 Å². The maximum atomic E-state index is 13.9. The lowest BCUT2D eigenvalue weighted by Crippen LogP contribution is -2.55. The second kappa shape index (κ2) is 14.9. The fourth-order valence-corrected chi connectivity index (χ4v) is 6.14. The molecular formula is C33H40N4O7. The first-order valence-electron chi connectivity index (χ1n) is 15.5. The third-order valence-corrected chi connectivity index (χ3v) is 8.62. The van der Waals surface area contributed by atoms with Gasteiger partial charge in [-0.05, 0) is 55.4 Å². The van der Waals surface area contributed by atoms with Crippen molar-refractivity contribution in [1.82, 2.24) is 21.3 Å². The highest BCUT2D eigenvalue weighted by molar-refractivity contribution is 6.38. The van der Waals surface area contributed by atoms with Crippen LogP contribution in [0.3, 0.4) is 0 Å². The molecule has 11 heteroatoms. The number of hydrogen-bond acceptors (Lipinski definition) is 7. The third-order valence-electron chi connectivity index (χ3n) is 8.62.